The second kappa shape index (κ2) is 10.9. The van der Waals surface area contributed by atoms with E-state index in [1.165, 1.54) is 6.42 Å². The molecule has 1 atom stereocenters. The van der Waals surface area contributed by atoms with Crippen molar-refractivity contribution in [1.82, 2.24) is 5.32 Å². The van der Waals surface area contributed by atoms with Crippen molar-refractivity contribution in [2.24, 2.45) is 0 Å². The first kappa shape index (κ1) is 24.1. The summed E-state index contributed by atoms with van der Waals surface area (Å²) in [5, 5.41) is 6.74. The van der Waals surface area contributed by atoms with Crippen LogP contribution < -0.4 is 15.5 Å². The minimum Gasteiger partial charge on any atom is -0.371 e. The third-order valence-electron chi connectivity index (χ3n) is 5.97. The average Bonchev–Trinajstić information content (AvgIpc) is 2.84. The van der Waals surface area contributed by atoms with Crippen LogP contribution in [-0.2, 0) is 0 Å². The van der Waals surface area contributed by atoms with E-state index in [2.05, 4.69) is 15.5 Å². The van der Waals surface area contributed by atoms with Gasteiger partial charge in [-0.1, -0.05) is 53.5 Å². The number of nitrogens with zero attached hydrogens (tertiary/aromatic N) is 1. The number of carbonyl (C=O) groups is 2. The molecule has 1 aliphatic heterocycles. The predicted octanol–water partition coefficient (Wildman–Crippen LogP) is 6.73. The van der Waals surface area contributed by atoms with Crippen LogP contribution in [0.1, 0.15) is 58.5 Å². The standard InChI is InChI=1S/C27H27Cl2N3O2/c1-18(19-8-4-2-5-9-19)30-27(34)24-17-23(10-11-25(24)32-12-6-3-7-13-32)31-26(33)20-14-21(28)16-22(29)15-20/h2,4-5,8-11,14-18H,3,6-7,12-13H2,1H3,(H,30,34)(H,31,33). The predicted molar refractivity (Wildman–Crippen MR) is 139 cm³/mol. The molecule has 34 heavy (non-hydrogen) atoms. The summed E-state index contributed by atoms with van der Waals surface area (Å²) in [6, 6.07) is 19.8. The molecule has 3 aromatic rings. The lowest BCUT2D eigenvalue weighted by Crippen LogP contribution is -2.33. The highest BCUT2D eigenvalue weighted by molar-refractivity contribution is 6.35. The number of anilines is 2. The van der Waals surface area contributed by atoms with Gasteiger partial charge in [0.2, 0.25) is 0 Å². The van der Waals surface area contributed by atoms with Gasteiger partial charge in [-0.05, 0) is 68.1 Å². The molecule has 7 heteroatoms. The fourth-order valence-electron chi connectivity index (χ4n) is 4.19. The zero-order chi connectivity index (χ0) is 24.1. The zero-order valence-corrected chi connectivity index (χ0v) is 20.5. The molecule has 0 radical (unpaired) electrons. The SMILES string of the molecule is CC(NC(=O)c1cc(NC(=O)c2cc(Cl)cc(Cl)c2)ccc1N1CCCCC1)c1ccccc1. The molecule has 0 saturated carbocycles. The van der Waals surface area contributed by atoms with E-state index in [1.54, 1.807) is 24.3 Å². The Morgan fingerprint density at radius 3 is 2.21 bits per heavy atom. The zero-order valence-electron chi connectivity index (χ0n) is 19.0. The van der Waals surface area contributed by atoms with Gasteiger partial charge in [0.1, 0.15) is 0 Å². The smallest absolute Gasteiger partial charge is 0.255 e. The van der Waals surface area contributed by atoms with Crippen molar-refractivity contribution in [3.8, 4) is 0 Å². The number of carbonyl (C=O) groups excluding carboxylic acids is 2. The first-order valence-corrected chi connectivity index (χ1v) is 12.2. The Balaban J connectivity index is 1.61. The van der Waals surface area contributed by atoms with Gasteiger partial charge in [-0.25, -0.2) is 0 Å². The maximum Gasteiger partial charge on any atom is 0.255 e. The Labute approximate surface area is 210 Å². The Morgan fingerprint density at radius 2 is 1.53 bits per heavy atom. The molecule has 0 aromatic heterocycles. The van der Waals surface area contributed by atoms with Crippen LogP contribution in [0.2, 0.25) is 10.0 Å². The normalized spacial score (nSPS) is 14.4. The molecular formula is C27H27Cl2N3O2. The van der Waals surface area contributed by atoms with Gasteiger partial charge in [0.15, 0.2) is 0 Å². The Morgan fingerprint density at radius 1 is 0.853 bits per heavy atom. The highest BCUT2D eigenvalue weighted by atomic mass is 35.5. The minimum absolute atomic E-state index is 0.158. The highest BCUT2D eigenvalue weighted by Gasteiger charge is 2.21. The van der Waals surface area contributed by atoms with Crippen LogP contribution in [0.25, 0.3) is 0 Å². The molecule has 1 unspecified atom stereocenters. The van der Waals surface area contributed by atoms with Gasteiger partial charge >= 0.3 is 0 Å². The molecule has 0 bridgehead atoms. The van der Waals surface area contributed by atoms with Gasteiger partial charge in [-0.3, -0.25) is 9.59 Å². The number of benzene rings is 3. The summed E-state index contributed by atoms with van der Waals surface area (Å²) in [6.45, 7) is 3.77. The summed E-state index contributed by atoms with van der Waals surface area (Å²) in [5.74, 6) is -0.530. The molecule has 0 spiro atoms. The fraction of sp³-hybridized carbons (Fsp3) is 0.259. The molecule has 3 aromatic carbocycles. The van der Waals surface area contributed by atoms with Crippen molar-refractivity contribution >= 4 is 46.4 Å². The third kappa shape index (κ3) is 5.91. The maximum absolute atomic E-state index is 13.4. The third-order valence-corrected chi connectivity index (χ3v) is 6.40. The highest BCUT2D eigenvalue weighted by Crippen LogP contribution is 2.29. The molecule has 5 nitrogen and oxygen atoms in total. The monoisotopic (exact) mass is 495 g/mol. The minimum atomic E-state index is -0.348. The van der Waals surface area contributed by atoms with E-state index in [1.807, 2.05) is 49.4 Å². The summed E-state index contributed by atoms with van der Waals surface area (Å²) in [6.07, 6.45) is 3.38. The first-order chi connectivity index (χ1) is 16.4. The molecule has 1 saturated heterocycles. The summed E-state index contributed by atoms with van der Waals surface area (Å²) in [7, 11) is 0. The Hall–Kier alpha value is -3.02. The fourth-order valence-corrected chi connectivity index (χ4v) is 4.72. The quantitative estimate of drug-likeness (QED) is 0.398. The summed E-state index contributed by atoms with van der Waals surface area (Å²) in [5.41, 5.74) is 3.31. The number of hydrogen-bond acceptors (Lipinski definition) is 3. The molecule has 1 fully saturated rings. The molecule has 1 heterocycles. The van der Waals surface area contributed by atoms with Crippen molar-refractivity contribution < 1.29 is 9.59 Å². The Kier molecular flexibility index (Phi) is 7.76. The van der Waals surface area contributed by atoms with E-state index in [-0.39, 0.29) is 17.9 Å². The molecular weight excluding hydrogens is 469 g/mol. The van der Waals surface area contributed by atoms with E-state index in [4.69, 9.17) is 23.2 Å². The summed E-state index contributed by atoms with van der Waals surface area (Å²) < 4.78 is 0. The molecule has 4 rings (SSSR count). The van der Waals surface area contributed by atoms with E-state index in [0.717, 1.165) is 37.2 Å². The number of halogens is 2. The van der Waals surface area contributed by atoms with E-state index < -0.39 is 0 Å². The average molecular weight is 496 g/mol. The second-order valence-electron chi connectivity index (χ2n) is 8.50. The lowest BCUT2D eigenvalue weighted by atomic mass is 10.0. The van der Waals surface area contributed by atoms with Gasteiger partial charge in [0.25, 0.3) is 11.8 Å². The number of amides is 2. The maximum atomic E-state index is 13.4. The van der Waals surface area contributed by atoms with Gasteiger partial charge in [0, 0.05) is 40.1 Å². The van der Waals surface area contributed by atoms with Gasteiger partial charge in [-0.15, -0.1) is 0 Å². The second-order valence-corrected chi connectivity index (χ2v) is 9.37. The van der Waals surface area contributed by atoms with Gasteiger partial charge in [-0.2, -0.15) is 0 Å². The van der Waals surface area contributed by atoms with Crippen molar-refractivity contribution in [3.63, 3.8) is 0 Å². The topological polar surface area (TPSA) is 61.4 Å². The Bertz CT molecular complexity index is 1160. The number of piperidine rings is 1. The number of hydrogen-bond donors (Lipinski definition) is 2. The lowest BCUT2D eigenvalue weighted by molar-refractivity contribution is 0.0939. The van der Waals surface area contributed by atoms with Crippen LogP contribution in [-0.4, -0.2) is 24.9 Å². The van der Waals surface area contributed by atoms with Crippen LogP contribution in [0, 0.1) is 0 Å². The van der Waals surface area contributed by atoms with Crippen molar-refractivity contribution in [1.29, 1.82) is 0 Å². The van der Waals surface area contributed by atoms with Crippen molar-refractivity contribution in [2.75, 3.05) is 23.3 Å². The summed E-state index contributed by atoms with van der Waals surface area (Å²) in [4.78, 5) is 28.5. The largest absolute Gasteiger partial charge is 0.371 e. The molecule has 1 aliphatic rings. The first-order valence-electron chi connectivity index (χ1n) is 11.4. The van der Waals surface area contributed by atoms with Crippen LogP contribution >= 0.6 is 23.2 Å². The van der Waals surface area contributed by atoms with Crippen molar-refractivity contribution in [3.05, 3.63) is 93.5 Å². The number of nitrogens with one attached hydrogen (secondary N) is 2. The van der Waals surface area contributed by atoms with E-state index >= 15 is 0 Å². The van der Waals surface area contributed by atoms with E-state index in [9.17, 15) is 9.59 Å². The van der Waals surface area contributed by atoms with Crippen LogP contribution in [0.15, 0.2) is 66.7 Å². The number of rotatable bonds is 6. The van der Waals surface area contributed by atoms with Gasteiger partial charge in [0.05, 0.1) is 11.6 Å². The lowest BCUT2D eigenvalue weighted by Gasteiger charge is -2.31. The summed E-state index contributed by atoms with van der Waals surface area (Å²) >= 11 is 12.1. The van der Waals surface area contributed by atoms with Crippen LogP contribution in [0.5, 0.6) is 0 Å². The van der Waals surface area contributed by atoms with Gasteiger partial charge < -0.3 is 15.5 Å². The molecule has 0 aliphatic carbocycles. The van der Waals surface area contributed by atoms with Crippen molar-refractivity contribution in [2.45, 2.75) is 32.2 Å². The molecule has 2 N–H and O–H groups in total. The molecule has 176 valence electrons. The van der Waals surface area contributed by atoms with E-state index in [0.29, 0.717) is 26.9 Å². The van der Waals surface area contributed by atoms with Crippen LogP contribution in [0.3, 0.4) is 0 Å². The molecule has 2 amide bonds. The van der Waals surface area contributed by atoms with Crippen LogP contribution in [0.4, 0.5) is 11.4 Å².